The van der Waals surface area contributed by atoms with Crippen molar-refractivity contribution in [3.63, 3.8) is 0 Å². The minimum atomic E-state index is -0.449. The molecule has 1 atom stereocenters. The first-order chi connectivity index (χ1) is 8.00. The van der Waals surface area contributed by atoms with Crippen LogP contribution >= 0.6 is 0 Å². The number of carbonyl (C=O) groups excluding carboxylic acids is 1. The summed E-state index contributed by atoms with van der Waals surface area (Å²) in [6.07, 6.45) is 0.733. The fourth-order valence-corrected chi connectivity index (χ4v) is 1.41. The molecule has 0 aliphatic heterocycles. The van der Waals surface area contributed by atoms with E-state index in [1.807, 2.05) is 26.0 Å². The molecule has 0 aliphatic carbocycles. The van der Waals surface area contributed by atoms with E-state index in [9.17, 15) is 4.79 Å². The number of hydrogen-bond donors (Lipinski definition) is 3. The van der Waals surface area contributed by atoms with Crippen molar-refractivity contribution in [2.24, 2.45) is 11.7 Å². The summed E-state index contributed by atoms with van der Waals surface area (Å²) in [5.41, 5.74) is 6.78. The van der Waals surface area contributed by atoms with Gasteiger partial charge in [0.05, 0.1) is 6.04 Å². The van der Waals surface area contributed by atoms with Gasteiger partial charge in [-0.2, -0.15) is 0 Å². The Morgan fingerprint density at radius 2 is 1.94 bits per heavy atom. The molecular weight excluding hydrogens is 216 g/mol. The third kappa shape index (κ3) is 4.44. The molecule has 0 aliphatic rings. The lowest BCUT2D eigenvalue weighted by atomic mass is 10.0. The van der Waals surface area contributed by atoms with Gasteiger partial charge < -0.3 is 16.2 Å². The number of hydrogen-bond acceptors (Lipinski definition) is 3. The maximum atomic E-state index is 11.6. The SMILES string of the molecule is CC(C)[C@H](N)C(=O)NCCc1ccc(O)cc1. The van der Waals surface area contributed by atoms with Gasteiger partial charge in [-0.25, -0.2) is 0 Å². The molecule has 0 saturated heterocycles. The minimum Gasteiger partial charge on any atom is -0.508 e. The zero-order valence-corrected chi connectivity index (χ0v) is 10.3. The van der Waals surface area contributed by atoms with Gasteiger partial charge in [-0.05, 0) is 30.0 Å². The molecule has 1 rings (SSSR count). The second-order valence-electron chi connectivity index (χ2n) is 4.48. The topological polar surface area (TPSA) is 75.4 Å². The Balaban J connectivity index is 2.33. The first kappa shape index (κ1) is 13.5. The second-order valence-corrected chi connectivity index (χ2v) is 4.48. The third-order valence-corrected chi connectivity index (χ3v) is 2.67. The molecule has 1 aromatic carbocycles. The molecule has 4 N–H and O–H groups in total. The zero-order valence-electron chi connectivity index (χ0n) is 10.3. The number of phenols is 1. The normalized spacial score (nSPS) is 12.5. The summed E-state index contributed by atoms with van der Waals surface area (Å²) < 4.78 is 0. The van der Waals surface area contributed by atoms with E-state index in [1.165, 1.54) is 0 Å². The average molecular weight is 236 g/mol. The van der Waals surface area contributed by atoms with Gasteiger partial charge in [0.15, 0.2) is 0 Å². The summed E-state index contributed by atoms with van der Waals surface area (Å²) in [4.78, 5) is 11.6. The highest BCUT2D eigenvalue weighted by atomic mass is 16.3. The summed E-state index contributed by atoms with van der Waals surface area (Å²) in [7, 11) is 0. The standard InChI is InChI=1S/C13H20N2O2/c1-9(2)12(14)13(17)15-8-7-10-3-5-11(16)6-4-10/h3-6,9,12,16H,7-8,14H2,1-2H3,(H,15,17)/t12-/m0/s1. The molecule has 0 radical (unpaired) electrons. The van der Waals surface area contributed by atoms with E-state index in [2.05, 4.69) is 5.32 Å². The molecule has 0 heterocycles. The van der Waals surface area contributed by atoms with E-state index in [4.69, 9.17) is 10.8 Å². The predicted molar refractivity (Wildman–Crippen MR) is 67.6 cm³/mol. The number of amides is 1. The van der Waals surface area contributed by atoms with Crippen molar-refractivity contribution >= 4 is 5.91 Å². The summed E-state index contributed by atoms with van der Waals surface area (Å²) >= 11 is 0. The lowest BCUT2D eigenvalue weighted by Gasteiger charge is -2.15. The van der Waals surface area contributed by atoms with Crippen LogP contribution in [0.5, 0.6) is 5.75 Å². The van der Waals surface area contributed by atoms with Crippen molar-refractivity contribution in [2.75, 3.05) is 6.54 Å². The van der Waals surface area contributed by atoms with E-state index in [1.54, 1.807) is 12.1 Å². The lowest BCUT2D eigenvalue weighted by molar-refractivity contribution is -0.123. The summed E-state index contributed by atoms with van der Waals surface area (Å²) in [5.74, 6) is 0.280. The highest BCUT2D eigenvalue weighted by Gasteiger charge is 2.16. The highest BCUT2D eigenvalue weighted by Crippen LogP contribution is 2.09. The smallest absolute Gasteiger partial charge is 0.237 e. The van der Waals surface area contributed by atoms with Crippen molar-refractivity contribution in [3.8, 4) is 5.75 Å². The maximum Gasteiger partial charge on any atom is 0.237 e. The van der Waals surface area contributed by atoms with Gasteiger partial charge in [0.1, 0.15) is 5.75 Å². The van der Waals surface area contributed by atoms with Gasteiger partial charge in [0.25, 0.3) is 0 Å². The number of rotatable bonds is 5. The maximum absolute atomic E-state index is 11.6. The molecule has 0 fully saturated rings. The number of nitrogens with two attached hydrogens (primary N) is 1. The van der Waals surface area contributed by atoms with Crippen molar-refractivity contribution in [1.82, 2.24) is 5.32 Å². The zero-order chi connectivity index (χ0) is 12.8. The van der Waals surface area contributed by atoms with Crippen LogP contribution in [0.15, 0.2) is 24.3 Å². The van der Waals surface area contributed by atoms with Gasteiger partial charge in [0, 0.05) is 6.54 Å². The third-order valence-electron chi connectivity index (χ3n) is 2.67. The van der Waals surface area contributed by atoms with Crippen LogP contribution in [0.3, 0.4) is 0 Å². The van der Waals surface area contributed by atoms with Crippen molar-refractivity contribution < 1.29 is 9.90 Å². The average Bonchev–Trinajstić information content (AvgIpc) is 2.30. The van der Waals surface area contributed by atoms with E-state index in [-0.39, 0.29) is 17.6 Å². The fourth-order valence-electron chi connectivity index (χ4n) is 1.41. The van der Waals surface area contributed by atoms with Gasteiger partial charge in [-0.15, -0.1) is 0 Å². The van der Waals surface area contributed by atoms with E-state index in [0.717, 1.165) is 12.0 Å². The van der Waals surface area contributed by atoms with Crippen LogP contribution in [0.1, 0.15) is 19.4 Å². The largest absolute Gasteiger partial charge is 0.508 e. The van der Waals surface area contributed by atoms with Crippen LogP contribution in [0.4, 0.5) is 0 Å². The Kier molecular flexibility index (Phi) is 4.97. The quantitative estimate of drug-likeness (QED) is 0.715. The van der Waals surface area contributed by atoms with E-state index < -0.39 is 6.04 Å². The molecule has 1 amide bonds. The fraction of sp³-hybridized carbons (Fsp3) is 0.462. The summed E-state index contributed by atoms with van der Waals surface area (Å²) in [6, 6.07) is 6.50. The summed E-state index contributed by atoms with van der Waals surface area (Å²) in [5, 5.41) is 11.9. The number of carbonyl (C=O) groups is 1. The Bertz CT molecular complexity index is 360. The van der Waals surface area contributed by atoms with Crippen LogP contribution in [-0.4, -0.2) is 23.6 Å². The van der Waals surface area contributed by atoms with E-state index in [0.29, 0.717) is 6.54 Å². The molecule has 0 unspecified atom stereocenters. The van der Waals surface area contributed by atoms with Crippen molar-refractivity contribution in [1.29, 1.82) is 0 Å². The molecule has 0 spiro atoms. The van der Waals surface area contributed by atoms with E-state index >= 15 is 0 Å². The van der Waals surface area contributed by atoms with Crippen molar-refractivity contribution in [3.05, 3.63) is 29.8 Å². The molecule has 0 bridgehead atoms. The predicted octanol–water partition coefficient (Wildman–Crippen LogP) is 1.03. The first-order valence-electron chi connectivity index (χ1n) is 5.82. The monoisotopic (exact) mass is 236 g/mol. The summed E-state index contributed by atoms with van der Waals surface area (Å²) in [6.45, 7) is 4.40. The molecule has 0 saturated carbocycles. The highest BCUT2D eigenvalue weighted by molar-refractivity contribution is 5.81. The van der Waals surface area contributed by atoms with Crippen molar-refractivity contribution in [2.45, 2.75) is 26.3 Å². The van der Waals surface area contributed by atoms with Gasteiger partial charge >= 0.3 is 0 Å². The Morgan fingerprint density at radius 3 is 2.47 bits per heavy atom. The molecular formula is C13H20N2O2. The molecule has 17 heavy (non-hydrogen) atoms. The van der Waals surface area contributed by atoms with Gasteiger partial charge in [-0.3, -0.25) is 4.79 Å². The molecule has 0 aromatic heterocycles. The molecule has 94 valence electrons. The number of benzene rings is 1. The lowest BCUT2D eigenvalue weighted by Crippen LogP contribution is -2.44. The van der Waals surface area contributed by atoms with Crippen LogP contribution in [0.25, 0.3) is 0 Å². The van der Waals surface area contributed by atoms with Crippen LogP contribution < -0.4 is 11.1 Å². The minimum absolute atomic E-state index is 0.112. The van der Waals surface area contributed by atoms with Crippen LogP contribution in [0, 0.1) is 5.92 Å². The molecule has 4 heteroatoms. The van der Waals surface area contributed by atoms with Crippen LogP contribution in [-0.2, 0) is 11.2 Å². The number of phenolic OH excluding ortho intramolecular Hbond substituents is 1. The number of aromatic hydroxyl groups is 1. The second kappa shape index (κ2) is 6.25. The molecule has 4 nitrogen and oxygen atoms in total. The Labute approximate surface area is 102 Å². The Hall–Kier alpha value is -1.55. The van der Waals surface area contributed by atoms with Gasteiger partial charge in [-0.1, -0.05) is 26.0 Å². The first-order valence-corrected chi connectivity index (χ1v) is 5.82. The molecule has 1 aromatic rings. The Morgan fingerprint density at radius 1 is 1.35 bits per heavy atom. The van der Waals surface area contributed by atoms with Gasteiger partial charge in [0.2, 0.25) is 5.91 Å². The number of nitrogens with one attached hydrogen (secondary N) is 1. The van der Waals surface area contributed by atoms with Crippen LogP contribution in [0.2, 0.25) is 0 Å².